The van der Waals surface area contributed by atoms with E-state index in [1.165, 1.54) is 27.9 Å². The fraction of sp³-hybridized carbons (Fsp3) is 0.333. The molecule has 0 unspecified atom stereocenters. The van der Waals surface area contributed by atoms with Crippen LogP contribution in [-0.4, -0.2) is 51.8 Å². The zero-order valence-corrected chi connectivity index (χ0v) is 18.8. The zero-order chi connectivity index (χ0) is 21.9. The minimum Gasteiger partial charge on any atom is -0.497 e. The van der Waals surface area contributed by atoms with Gasteiger partial charge in [0.2, 0.25) is 0 Å². The molecule has 0 aromatic heterocycles. The lowest BCUT2D eigenvalue weighted by Crippen LogP contribution is -2.47. The summed E-state index contributed by atoms with van der Waals surface area (Å²) >= 11 is 0. The van der Waals surface area contributed by atoms with Crippen LogP contribution in [-0.2, 0) is 13.0 Å². The monoisotopic (exact) mass is 430 g/mol. The van der Waals surface area contributed by atoms with Crippen LogP contribution in [0, 0.1) is 0 Å². The number of nitrogens with zero attached hydrogens (tertiary/aromatic N) is 2. The second-order valence-electron chi connectivity index (χ2n) is 8.36. The normalized spacial score (nSPS) is 15.5. The summed E-state index contributed by atoms with van der Waals surface area (Å²) in [6, 6.07) is 21.1. The van der Waals surface area contributed by atoms with Crippen molar-refractivity contribution in [2.45, 2.75) is 13.0 Å². The highest BCUT2D eigenvalue weighted by atomic mass is 16.5. The van der Waals surface area contributed by atoms with Crippen molar-refractivity contribution >= 4 is 5.69 Å². The van der Waals surface area contributed by atoms with E-state index < -0.39 is 0 Å². The Hall–Kier alpha value is -3.18. The second kappa shape index (κ2) is 9.13. The van der Waals surface area contributed by atoms with Crippen molar-refractivity contribution in [3.05, 3.63) is 71.8 Å². The average molecular weight is 431 g/mol. The Morgan fingerprint density at radius 3 is 2.53 bits per heavy atom. The van der Waals surface area contributed by atoms with Crippen molar-refractivity contribution in [3.63, 3.8) is 0 Å². The van der Waals surface area contributed by atoms with Crippen molar-refractivity contribution in [2.24, 2.45) is 0 Å². The second-order valence-corrected chi connectivity index (χ2v) is 8.36. The number of hydrogen-bond acceptors (Lipinski definition) is 5. The van der Waals surface area contributed by atoms with Crippen molar-refractivity contribution in [1.29, 1.82) is 0 Å². The molecule has 5 heteroatoms. The molecule has 3 aromatic rings. The quantitative estimate of drug-likeness (QED) is 0.570. The molecule has 166 valence electrons. The zero-order valence-electron chi connectivity index (χ0n) is 18.8. The minimum atomic E-state index is 0.592. The summed E-state index contributed by atoms with van der Waals surface area (Å²) in [5.74, 6) is 2.61. The summed E-state index contributed by atoms with van der Waals surface area (Å²) in [7, 11) is 3.43. The van der Waals surface area contributed by atoms with Gasteiger partial charge in [0, 0.05) is 50.0 Å². The van der Waals surface area contributed by atoms with Crippen LogP contribution in [0.1, 0.15) is 11.1 Å². The first-order chi connectivity index (χ1) is 15.8. The van der Waals surface area contributed by atoms with Crippen molar-refractivity contribution in [2.75, 3.05) is 51.8 Å². The van der Waals surface area contributed by atoms with E-state index in [4.69, 9.17) is 14.2 Å². The third-order valence-corrected chi connectivity index (χ3v) is 6.57. The number of benzene rings is 3. The molecule has 2 aliphatic rings. The van der Waals surface area contributed by atoms with Gasteiger partial charge in [0.15, 0.2) is 11.5 Å². The molecule has 0 atom stereocenters. The van der Waals surface area contributed by atoms with Gasteiger partial charge in [0.1, 0.15) is 12.4 Å². The summed E-state index contributed by atoms with van der Waals surface area (Å²) < 4.78 is 17.1. The van der Waals surface area contributed by atoms with Crippen LogP contribution in [0.15, 0.2) is 60.7 Å². The molecule has 0 aliphatic carbocycles. The number of rotatable bonds is 6. The molecule has 1 saturated heterocycles. The Kier molecular flexibility index (Phi) is 5.91. The van der Waals surface area contributed by atoms with E-state index in [0.717, 1.165) is 56.4 Å². The molecule has 0 bridgehead atoms. The summed E-state index contributed by atoms with van der Waals surface area (Å²) in [5.41, 5.74) is 6.26. The molecule has 0 radical (unpaired) electrons. The van der Waals surface area contributed by atoms with E-state index in [1.54, 1.807) is 14.2 Å². The summed E-state index contributed by atoms with van der Waals surface area (Å²) in [6.45, 7) is 5.80. The van der Waals surface area contributed by atoms with Crippen molar-refractivity contribution < 1.29 is 14.2 Å². The van der Waals surface area contributed by atoms with Gasteiger partial charge < -0.3 is 19.1 Å². The van der Waals surface area contributed by atoms with Crippen molar-refractivity contribution in [1.82, 2.24) is 4.90 Å². The molecule has 0 saturated carbocycles. The first kappa shape index (κ1) is 20.7. The molecular formula is C27H30N2O3. The number of hydrogen-bond donors (Lipinski definition) is 0. The number of piperazine rings is 1. The lowest BCUT2D eigenvalue weighted by atomic mass is 9.91. The Morgan fingerprint density at radius 2 is 1.72 bits per heavy atom. The maximum atomic E-state index is 6.13. The smallest absolute Gasteiger partial charge is 0.169 e. The highest BCUT2D eigenvalue weighted by Crippen LogP contribution is 2.45. The molecule has 3 aromatic carbocycles. The fourth-order valence-corrected chi connectivity index (χ4v) is 4.77. The lowest BCUT2D eigenvalue weighted by Gasteiger charge is -2.36. The lowest BCUT2D eigenvalue weighted by molar-refractivity contribution is 0.260. The molecule has 0 amide bonds. The molecule has 0 spiro atoms. The SMILES string of the molecule is COc1cccc(N2CCN(CCc3ccc(OC)c4c3-c3ccccc3CO4)CC2)c1. The Balaban J connectivity index is 1.28. The van der Waals surface area contributed by atoms with Gasteiger partial charge in [-0.2, -0.15) is 0 Å². The van der Waals surface area contributed by atoms with Gasteiger partial charge in [-0.15, -0.1) is 0 Å². The maximum absolute atomic E-state index is 6.13. The molecule has 1 fully saturated rings. The fourth-order valence-electron chi connectivity index (χ4n) is 4.77. The van der Waals surface area contributed by atoms with Crippen LogP contribution in [0.25, 0.3) is 11.1 Å². The predicted molar refractivity (Wildman–Crippen MR) is 128 cm³/mol. The van der Waals surface area contributed by atoms with Crippen LogP contribution in [0.5, 0.6) is 17.2 Å². The highest BCUT2D eigenvalue weighted by molar-refractivity contribution is 5.80. The number of anilines is 1. The van der Waals surface area contributed by atoms with E-state index in [9.17, 15) is 0 Å². The van der Waals surface area contributed by atoms with E-state index in [0.29, 0.717) is 6.61 Å². The van der Waals surface area contributed by atoms with Crippen molar-refractivity contribution in [3.8, 4) is 28.4 Å². The van der Waals surface area contributed by atoms with Gasteiger partial charge in [-0.25, -0.2) is 0 Å². The molecule has 2 aliphatic heterocycles. The van der Waals surface area contributed by atoms with Gasteiger partial charge in [-0.3, -0.25) is 4.90 Å². The van der Waals surface area contributed by atoms with Gasteiger partial charge in [-0.05, 0) is 41.3 Å². The summed E-state index contributed by atoms with van der Waals surface area (Å²) in [5, 5.41) is 0. The largest absolute Gasteiger partial charge is 0.497 e. The topological polar surface area (TPSA) is 34.2 Å². The molecule has 32 heavy (non-hydrogen) atoms. The minimum absolute atomic E-state index is 0.592. The van der Waals surface area contributed by atoms with E-state index in [1.807, 2.05) is 12.1 Å². The van der Waals surface area contributed by atoms with Gasteiger partial charge in [0.25, 0.3) is 0 Å². The maximum Gasteiger partial charge on any atom is 0.169 e. The van der Waals surface area contributed by atoms with E-state index in [2.05, 4.69) is 58.3 Å². The summed E-state index contributed by atoms with van der Waals surface area (Å²) in [6.07, 6.45) is 0.989. The molecule has 5 nitrogen and oxygen atoms in total. The number of fused-ring (bicyclic) bond motifs is 3. The highest BCUT2D eigenvalue weighted by Gasteiger charge is 2.24. The summed E-state index contributed by atoms with van der Waals surface area (Å²) in [4.78, 5) is 5.00. The molecule has 5 rings (SSSR count). The van der Waals surface area contributed by atoms with Gasteiger partial charge >= 0.3 is 0 Å². The Labute approximate surface area is 190 Å². The van der Waals surface area contributed by atoms with Crippen LogP contribution in [0.3, 0.4) is 0 Å². The predicted octanol–water partition coefficient (Wildman–Crippen LogP) is 4.63. The van der Waals surface area contributed by atoms with Crippen LogP contribution in [0.2, 0.25) is 0 Å². The third kappa shape index (κ3) is 4.00. The first-order valence-electron chi connectivity index (χ1n) is 11.3. The molecule has 0 N–H and O–H groups in total. The van der Waals surface area contributed by atoms with Gasteiger partial charge in [-0.1, -0.05) is 36.4 Å². The molecular weight excluding hydrogens is 400 g/mol. The van der Waals surface area contributed by atoms with Crippen LogP contribution < -0.4 is 19.1 Å². The van der Waals surface area contributed by atoms with Crippen LogP contribution >= 0.6 is 0 Å². The average Bonchev–Trinajstić information content (AvgIpc) is 2.87. The third-order valence-electron chi connectivity index (χ3n) is 6.57. The van der Waals surface area contributed by atoms with Crippen LogP contribution in [0.4, 0.5) is 5.69 Å². The Morgan fingerprint density at radius 1 is 0.875 bits per heavy atom. The van der Waals surface area contributed by atoms with E-state index >= 15 is 0 Å². The standard InChI is InChI=1S/C27H30N2O3/c1-30-23-8-5-7-22(18-23)29-16-14-28(15-17-29)13-12-20-10-11-25(31-2)27-26(20)24-9-4-3-6-21(24)19-32-27/h3-11,18H,12-17,19H2,1-2H3. The number of methoxy groups -OCH3 is 2. The molecule has 2 heterocycles. The first-order valence-corrected chi connectivity index (χ1v) is 11.3. The van der Waals surface area contributed by atoms with Gasteiger partial charge in [0.05, 0.1) is 14.2 Å². The number of ether oxygens (including phenoxy) is 3. The Bertz CT molecular complexity index is 1090. The van der Waals surface area contributed by atoms with E-state index in [-0.39, 0.29) is 0 Å².